The number of carbonyl (C=O) groups is 1. The van der Waals surface area contributed by atoms with E-state index in [-0.39, 0.29) is 11.7 Å². The number of rotatable bonds is 5. The molecule has 0 aliphatic carbocycles. The maximum absolute atomic E-state index is 13.2. The van der Waals surface area contributed by atoms with E-state index in [9.17, 15) is 9.18 Å². The lowest BCUT2D eigenvalue weighted by Gasteiger charge is -2.11. The van der Waals surface area contributed by atoms with Gasteiger partial charge in [0.15, 0.2) is 0 Å². The topological polar surface area (TPSA) is 55.1 Å². The molecule has 4 heteroatoms. The molecule has 0 saturated carbocycles. The predicted molar refractivity (Wildman–Crippen MR) is 65.9 cm³/mol. The SMILES string of the molecule is CCCC(N)C(=O)NCc1ccc(C)c(F)c1. The summed E-state index contributed by atoms with van der Waals surface area (Å²) in [5.74, 6) is -0.442. The summed E-state index contributed by atoms with van der Waals surface area (Å²) in [6.07, 6.45) is 1.53. The Morgan fingerprint density at radius 2 is 2.24 bits per heavy atom. The summed E-state index contributed by atoms with van der Waals surface area (Å²) >= 11 is 0. The summed E-state index contributed by atoms with van der Waals surface area (Å²) < 4.78 is 13.2. The molecule has 1 amide bonds. The van der Waals surface area contributed by atoms with Crippen molar-refractivity contribution < 1.29 is 9.18 Å². The van der Waals surface area contributed by atoms with Crippen LogP contribution in [0.3, 0.4) is 0 Å². The predicted octanol–water partition coefficient (Wildman–Crippen LogP) is 1.88. The molecule has 1 rings (SSSR count). The molecule has 0 spiro atoms. The van der Waals surface area contributed by atoms with E-state index in [2.05, 4.69) is 5.32 Å². The number of aryl methyl sites for hydroxylation is 1. The number of halogens is 1. The third kappa shape index (κ3) is 4.15. The van der Waals surface area contributed by atoms with Gasteiger partial charge in [-0.15, -0.1) is 0 Å². The van der Waals surface area contributed by atoms with E-state index in [0.29, 0.717) is 18.5 Å². The van der Waals surface area contributed by atoms with Crippen molar-refractivity contribution in [3.05, 3.63) is 35.1 Å². The van der Waals surface area contributed by atoms with Gasteiger partial charge in [-0.3, -0.25) is 4.79 Å². The van der Waals surface area contributed by atoms with E-state index >= 15 is 0 Å². The number of nitrogens with one attached hydrogen (secondary N) is 1. The van der Waals surface area contributed by atoms with Crippen LogP contribution in [0.2, 0.25) is 0 Å². The van der Waals surface area contributed by atoms with E-state index < -0.39 is 6.04 Å². The van der Waals surface area contributed by atoms with Crippen molar-refractivity contribution in [2.45, 2.75) is 39.3 Å². The van der Waals surface area contributed by atoms with Gasteiger partial charge in [-0.25, -0.2) is 4.39 Å². The Morgan fingerprint density at radius 3 is 2.82 bits per heavy atom. The number of hydrogen-bond acceptors (Lipinski definition) is 2. The molecule has 1 aromatic carbocycles. The fourth-order valence-corrected chi connectivity index (χ4v) is 1.51. The van der Waals surface area contributed by atoms with Crippen LogP contribution in [-0.4, -0.2) is 11.9 Å². The molecular formula is C13H19FN2O. The summed E-state index contributed by atoms with van der Waals surface area (Å²) in [5, 5.41) is 2.70. The molecule has 94 valence electrons. The number of benzene rings is 1. The Morgan fingerprint density at radius 1 is 1.53 bits per heavy atom. The van der Waals surface area contributed by atoms with Gasteiger partial charge in [-0.2, -0.15) is 0 Å². The molecule has 0 bridgehead atoms. The molecule has 0 radical (unpaired) electrons. The molecule has 1 unspecified atom stereocenters. The monoisotopic (exact) mass is 238 g/mol. The largest absolute Gasteiger partial charge is 0.351 e. The third-order valence-corrected chi connectivity index (χ3v) is 2.64. The molecule has 0 heterocycles. The van der Waals surface area contributed by atoms with Gasteiger partial charge in [0.1, 0.15) is 5.82 Å². The number of hydrogen-bond donors (Lipinski definition) is 2. The minimum Gasteiger partial charge on any atom is -0.351 e. The van der Waals surface area contributed by atoms with Crippen LogP contribution in [0.1, 0.15) is 30.9 Å². The van der Waals surface area contributed by atoms with Gasteiger partial charge in [0.2, 0.25) is 5.91 Å². The highest BCUT2D eigenvalue weighted by Crippen LogP contribution is 2.08. The highest BCUT2D eigenvalue weighted by atomic mass is 19.1. The van der Waals surface area contributed by atoms with Crippen molar-refractivity contribution in [2.24, 2.45) is 5.73 Å². The van der Waals surface area contributed by atoms with Crippen LogP contribution in [0.25, 0.3) is 0 Å². The summed E-state index contributed by atoms with van der Waals surface area (Å²) in [7, 11) is 0. The number of nitrogens with two attached hydrogens (primary N) is 1. The Kier molecular flexibility index (Phi) is 5.10. The molecule has 1 aromatic rings. The van der Waals surface area contributed by atoms with Crippen molar-refractivity contribution in [1.29, 1.82) is 0 Å². The lowest BCUT2D eigenvalue weighted by Crippen LogP contribution is -2.40. The van der Waals surface area contributed by atoms with Crippen LogP contribution in [0, 0.1) is 12.7 Å². The second-order valence-electron chi connectivity index (χ2n) is 4.20. The van der Waals surface area contributed by atoms with Crippen LogP contribution >= 0.6 is 0 Å². The van der Waals surface area contributed by atoms with Gasteiger partial charge in [0.25, 0.3) is 0 Å². The standard InChI is InChI=1S/C13H19FN2O/c1-3-4-12(15)13(17)16-8-10-6-5-9(2)11(14)7-10/h5-7,12H,3-4,8,15H2,1-2H3,(H,16,17). The summed E-state index contributed by atoms with van der Waals surface area (Å²) in [5.41, 5.74) is 7.00. The Balaban J connectivity index is 2.50. The average Bonchev–Trinajstić information content (AvgIpc) is 2.30. The van der Waals surface area contributed by atoms with Crippen LogP contribution in [-0.2, 0) is 11.3 Å². The first-order valence-electron chi connectivity index (χ1n) is 5.83. The molecule has 17 heavy (non-hydrogen) atoms. The number of amides is 1. The van der Waals surface area contributed by atoms with E-state index in [1.807, 2.05) is 6.92 Å². The number of carbonyl (C=O) groups excluding carboxylic acids is 1. The Hall–Kier alpha value is -1.42. The second kappa shape index (κ2) is 6.35. The van der Waals surface area contributed by atoms with Crippen molar-refractivity contribution >= 4 is 5.91 Å². The molecule has 0 fully saturated rings. The Bertz CT molecular complexity index is 393. The van der Waals surface area contributed by atoms with Gasteiger partial charge in [0.05, 0.1) is 6.04 Å². The maximum atomic E-state index is 13.2. The van der Waals surface area contributed by atoms with Crippen molar-refractivity contribution in [1.82, 2.24) is 5.32 Å². The summed E-state index contributed by atoms with van der Waals surface area (Å²) in [6, 6.07) is 4.45. The van der Waals surface area contributed by atoms with Gasteiger partial charge in [0, 0.05) is 6.54 Å². The van der Waals surface area contributed by atoms with Crippen LogP contribution in [0.15, 0.2) is 18.2 Å². The van der Waals surface area contributed by atoms with Gasteiger partial charge < -0.3 is 11.1 Å². The summed E-state index contributed by atoms with van der Waals surface area (Å²) in [4.78, 5) is 11.5. The zero-order valence-electron chi connectivity index (χ0n) is 10.3. The fraction of sp³-hybridized carbons (Fsp3) is 0.462. The normalized spacial score (nSPS) is 12.2. The van der Waals surface area contributed by atoms with E-state index in [1.54, 1.807) is 19.1 Å². The van der Waals surface area contributed by atoms with E-state index in [1.165, 1.54) is 6.07 Å². The smallest absolute Gasteiger partial charge is 0.237 e. The van der Waals surface area contributed by atoms with Crippen molar-refractivity contribution in [2.75, 3.05) is 0 Å². The molecule has 0 aromatic heterocycles. The highest BCUT2D eigenvalue weighted by Gasteiger charge is 2.11. The van der Waals surface area contributed by atoms with Crippen molar-refractivity contribution in [3.8, 4) is 0 Å². The Labute approximate surface area is 101 Å². The highest BCUT2D eigenvalue weighted by molar-refractivity contribution is 5.81. The second-order valence-corrected chi connectivity index (χ2v) is 4.20. The molecule has 0 aliphatic heterocycles. The van der Waals surface area contributed by atoms with Crippen molar-refractivity contribution in [3.63, 3.8) is 0 Å². The van der Waals surface area contributed by atoms with Crippen LogP contribution in [0.4, 0.5) is 4.39 Å². The lowest BCUT2D eigenvalue weighted by atomic mass is 10.1. The maximum Gasteiger partial charge on any atom is 0.237 e. The van der Waals surface area contributed by atoms with Gasteiger partial charge in [-0.1, -0.05) is 25.5 Å². The minimum atomic E-state index is -0.477. The van der Waals surface area contributed by atoms with E-state index in [0.717, 1.165) is 12.0 Å². The first-order chi connectivity index (χ1) is 8.04. The molecule has 0 aliphatic rings. The van der Waals surface area contributed by atoms with Crippen LogP contribution < -0.4 is 11.1 Å². The van der Waals surface area contributed by atoms with E-state index in [4.69, 9.17) is 5.73 Å². The zero-order chi connectivity index (χ0) is 12.8. The summed E-state index contributed by atoms with van der Waals surface area (Å²) in [6.45, 7) is 3.99. The van der Waals surface area contributed by atoms with Gasteiger partial charge in [-0.05, 0) is 30.5 Å². The lowest BCUT2D eigenvalue weighted by molar-refractivity contribution is -0.122. The first kappa shape index (κ1) is 13.6. The molecule has 0 saturated heterocycles. The molecule has 3 nitrogen and oxygen atoms in total. The average molecular weight is 238 g/mol. The first-order valence-corrected chi connectivity index (χ1v) is 5.83. The minimum absolute atomic E-state index is 0.187. The molecule has 1 atom stereocenters. The van der Waals surface area contributed by atoms with Gasteiger partial charge >= 0.3 is 0 Å². The third-order valence-electron chi connectivity index (χ3n) is 2.64. The molecular weight excluding hydrogens is 219 g/mol. The zero-order valence-corrected chi connectivity index (χ0v) is 10.3. The molecule has 3 N–H and O–H groups in total. The van der Waals surface area contributed by atoms with Crippen LogP contribution in [0.5, 0.6) is 0 Å². The quantitative estimate of drug-likeness (QED) is 0.823. The fourth-order valence-electron chi connectivity index (χ4n) is 1.51.